The Balaban J connectivity index is 2.35. The number of piperidine rings is 1. The number of nitrogens with zero attached hydrogens (tertiary/aromatic N) is 1. The van der Waals surface area contributed by atoms with Crippen LogP contribution >= 0.6 is 0 Å². The minimum atomic E-state index is -0.488. The van der Waals surface area contributed by atoms with Crippen LogP contribution in [0.3, 0.4) is 0 Å². The number of nitrogens with one attached hydrogen (secondary N) is 1. The fourth-order valence-electron chi connectivity index (χ4n) is 3.17. The van der Waals surface area contributed by atoms with Gasteiger partial charge in [-0.3, -0.25) is 0 Å². The maximum absolute atomic E-state index is 12.3. The molecule has 1 aliphatic heterocycles. The van der Waals surface area contributed by atoms with Crippen LogP contribution in [0.15, 0.2) is 0 Å². The van der Waals surface area contributed by atoms with Gasteiger partial charge in [-0.25, -0.2) is 0 Å². The van der Waals surface area contributed by atoms with Gasteiger partial charge in [0.1, 0.15) is 0 Å². The SMILES string of the molecule is CCCCNCC(O)COC1CC(C)(C)N([O])C(C)(C)C1. The van der Waals surface area contributed by atoms with Crippen LogP contribution in [0.5, 0.6) is 0 Å². The number of rotatable bonds is 8. The molecule has 1 heterocycles. The van der Waals surface area contributed by atoms with Gasteiger partial charge in [-0.15, -0.1) is 10.3 Å². The van der Waals surface area contributed by atoms with Crippen LogP contribution in [0, 0.1) is 0 Å². The van der Waals surface area contributed by atoms with E-state index in [4.69, 9.17) is 4.74 Å². The van der Waals surface area contributed by atoms with Crippen molar-refractivity contribution in [1.29, 1.82) is 0 Å². The van der Waals surface area contributed by atoms with E-state index >= 15 is 0 Å². The molecule has 0 bridgehead atoms. The van der Waals surface area contributed by atoms with Crippen LogP contribution in [-0.2, 0) is 9.94 Å². The number of hydrogen-bond acceptors (Lipinski definition) is 4. The van der Waals surface area contributed by atoms with Crippen LogP contribution in [0.4, 0.5) is 0 Å². The number of ether oxygens (including phenoxy) is 1. The Morgan fingerprint density at radius 2 is 1.86 bits per heavy atom. The lowest BCUT2D eigenvalue weighted by Gasteiger charge is -2.49. The average molecular weight is 301 g/mol. The molecule has 0 aromatic heterocycles. The van der Waals surface area contributed by atoms with Gasteiger partial charge in [0.25, 0.3) is 0 Å². The Morgan fingerprint density at radius 1 is 1.29 bits per heavy atom. The maximum Gasteiger partial charge on any atom is 0.0897 e. The summed E-state index contributed by atoms with van der Waals surface area (Å²) in [6.45, 7) is 11.8. The first-order valence-corrected chi connectivity index (χ1v) is 8.17. The van der Waals surface area contributed by atoms with E-state index in [0.717, 1.165) is 19.4 Å². The monoisotopic (exact) mass is 301 g/mol. The molecule has 0 aliphatic carbocycles. The van der Waals surface area contributed by atoms with Crippen molar-refractivity contribution < 1.29 is 15.1 Å². The summed E-state index contributed by atoms with van der Waals surface area (Å²) in [5.41, 5.74) is -0.840. The molecule has 5 heteroatoms. The molecule has 21 heavy (non-hydrogen) atoms. The Hall–Kier alpha value is -0.200. The van der Waals surface area contributed by atoms with Crippen LogP contribution in [-0.4, -0.2) is 53.2 Å². The van der Waals surface area contributed by atoms with Gasteiger partial charge in [0.05, 0.1) is 18.8 Å². The molecular formula is C16H33N2O3. The predicted octanol–water partition coefficient (Wildman–Crippen LogP) is 2.12. The highest BCUT2D eigenvalue weighted by Gasteiger charge is 2.46. The predicted molar refractivity (Wildman–Crippen MR) is 83.4 cm³/mol. The summed E-state index contributed by atoms with van der Waals surface area (Å²) in [6, 6.07) is 0. The largest absolute Gasteiger partial charge is 0.389 e. The number of aliphatic hydroxyl groups excluding tert-OH is 1. The highest BCUT2D eigenvalue weighted by molar-refractivity contribution is 4.96. The number of aliphatic hydroxyl groups is 1. The molecular weight excluding hydrogens is 268 g/mol. The molecule has 1 saturated heterocycles. The van der Waals surface area contributed by atoms with Crippen molar-refractivity contribution in [3.05, 3.63) is 0 Å². The number of hydrogen-bond donors (Lipinski definition) is 2. The Labute approximate surface area is 129 Å². The minimum Gasteiger partial charge on any atom is -0.389 e. The van der Waals surface area contributed by atoms with Crippen LogP contribution in [0.2, 0.25) is 0 Å². The van der Waals surface area contributed by atoms with Gasteiger partial charge in [-0.1, -0.05) is 13.3 Å². The minimum absolute atomic E-state index is 0.0329. The third kappa shape index (κ3) is 5.83. The van der Waals surface area contributed by atoms with Crippen molar-refractivity contribution in [3.63, 3.8) is 0 Å². The van der Waals surface area contributed by atoms with Gasteiger partial charge in [0.15, 0.2) is 0 Å². The fraction of sp³-hybridized carbons (Fsp3) is 1.00. The smallest absolute Gasteiger partial charge is 0.0897 e. The van der Waals surface area contributed by atoms with Crippen LogP contribution < -0.4 is 5.32 Å². The lowest BCUT2D eigenvalue weighted by atomic mass is 9.80. The molecule has 1 rings (SSSR count). The summed E-state index contributed by atoms with van der Waals surface area (Å²) in [7, 11) is 0. The van der Waals surface area contributed by atoms with E-state index in [1.54, 1.807) is 0 Å². The second-order valence-electron chi connectivity index (χ2n) is 7.49. The van der Waals surface area contributed by atoms with E-state index in [1.165, 1.54) is 5.06 Å². The Morgan fingerprint density at radius 3 is 2.38 bits per heavy atom. The van der Waals surface area contributed by atoms with Gasteiger partial charge < -0.3 is 15.2 Å². The van der Waals surface area contributed by atoms with Crippen molar-refractivity contribution in [1.82, 2.24) is 10.4 Å². The lowest BCUT2D eigenvalue weighted by Crippen LogP contribution is -2.60. The van der Waals surface area contributed by atoms with Crippen molar-refractivity contribution >= 4 is 0 Å². The van der Waals surface area contributed by atoms with E-state index in [-0.39, 0.29) is 6.10 Å². The lowest BCUT2D eigenvalue weighted by molar-refractivity contribution is -0.301. The van der Waals surface area contributed by atoms with E-state index in [1.807, 2.05) is 27.7 Å². The molecule has 0 aromatic carbocycles. The fourth-order valence-corrected chi connectivity index (χ4v) is 3.17. The summed E-state index contributed by atoms with van der Waals surface area (Å²) < 4.78 is 5.87. The molecule has 1 aliphatic rings. The average Bonchev–Trinajstić information content (AvgIpc) is 2.38. The molecule has 0 aromatic rings. The third-order valence-corrected chi connectivity index (χ3v) is 4.17. The van der Waals surface area contributed by atoms with Crippen LogP contribution in [0.1, 0.15) is 60.3 Å². The summed E-state index contributed by atoms with van der Waals surface area (Å²) in [4.78, 5) is 0. The molecule has 1 unspecified atom stereocenters. The first kappa shape index (κ1) is 18.8. The zero-order valence-electron chi connectivity index (χ0n) is 14.3. The standard InChI is InChI=1S/C16H33N2O3/c1-6-7-8-17-11-13(19)12-21-14-9-15(2,3)18(20)16(4,5)10-14/h13-14,17,19H,6-12H2,1-5H3. The maximum atomic E-state index is 12.3. The zero-order chi connectivity index (χ0) is 16.1. The van der Waals surface area contributed by atoms with E-state index < -0.39 is 17.2 Å². The molecule has 0 amide bonds. The van der Waals surface area contributed by atoms with Gasteiger partial charge >= 0.3 is 0 Å². The molecule has 0 spiro atoms. The normalized spacial score (nSPS) is 24.1. The van der Waals surface area contributed by atoms with Crippen LogP contribution in [0.25, 0.3) is 0 Å². The molecule has 125 valence electrons. The van der Waals surface area contributed by atoms with Gasteiger partial charge in [0.2, 0.25) is 0 Å². The van der Waals surface area contributed by atoms with E-state index in [0.29, 0.717) is 26.0 Å². The summed E-state index contributed by atoms with van der Waals surface area (Å²) in [5.74, 6) is 0. The zero-order valence-corrected chi connectivity index (χ0v) is 14.3. The quantitative estimate of drug-likeness (QED) is 0.674. The Kier molecular flexibility index (Phi) is 7.07. The van der Waals surface area contributed by atoms with Gasteiger partial charge in [0, 0.05) is 17.6 Å². The Bertz CT molecular complexity index is 290. The molecule has 2 N–H and O–H groups in total. The first-order valence-electron chi connectivity index (χ1n) is 8.17. The van der Waals surface area contributed by atoms with Gasteiger partial charge in [-0.2, -0.15) is 0 Å². The highest BCUT2D eigenvalue weighted by atomic mass is 16.5. The topological polar surface area (TPSA) is 64.6 Å². The van der Waals surface area contributed by atoms with Crippen molar-refractivity contribution in [2.45, 2.75) is 83.6 Å². The first-order chi connectivity index (χ1) is 9.69. The molecule has 0 saturated carbocycles. The van der Waals surface area contributed by atoms with E-state index in [9.17, 15) is 10.3 Å². The number of hydroxylamine groups is 2. The summed E-state index contributed by atoms with van der Waals surface area (Å²) in [6.07, 6.45) is 3.23. The van der Waals surface area contributed by atoms with Crippen molar-refractivity contribution in [3.8, 4) is 0 Å². The van der Waals surface area contributed by atoms with Crippen molar-refractivity contribution in [2.24, 2.45) is 0 Å². The molecule has 1 radical (unpaired) electrons. The molecule has 5 nitrogen and oxygen atoms in total. The summed E-state index contributed by atoms with van der Waals surface area (Å²) in [5, 5.41) is 26.6. The van der Waals surface area contributed by atoms with Gasteiger partial charge in [-0.05, 0) is 53.5 Å². The molecule has 1 fully saturated rings. The number of unbranched alkanes of at least 4 members (excludes halogenated alkanes) is 1. The third-order valence-electron chi connectivity index (χ3n) is 4.17. The second-order valence-corrected chi connectivity index (χ2v) is 7.49. The van der Waals surface area contributed by atoms with E-state index in [2.05, 4.69) is 12.2 Å². The second kappa shape index (κ2) is 7.88. The van der Waals surface area contributed by atoms with Crippen molar-refractivity contribution in [2.75, 3.05) is 19.7 Å². The summed E-state index contributed by atoms with van der Waals surface area (Å²) >= 11 is 0. The molecule has 1 atom stereocenters. The highest BCUT2D eigenvalue weighted by Crippen LogP contribution is 2.38.